The molecule has 4 aromatic rings. The number of aromatic nitrogens is 6. The van der Waals surface area contributed by atoms with Crippen LogP contribution in [0, 0.1) is 0 Å². The van der Waals surface area contributed by atoms with Crippen molar-refractivity contribution in [3.05, 3.63) is 96.4 Å². The number of carbonyl (C=O) groups excluding carboxylic acids is 5. The smallest absolute Gasteiger partial charge is 0.272 e. The molecule has 5 atom stereocenters. The number of unbranched alkanes of at least 4 members (excludes halogenated alkanes) is 2. The highest BCUT2D eigenvalue weighted by atomic mass is 16.4. The number of nitrogens with zero attached hydrogens (tertiary/aromatic N) is 6. The average molecular weight is 1070 g/mol. The monoisotopic (exact) mass is 1070 g/mol. The van der Waals surface area contributed by atoms with E-state index in [1.165, 1.54) is 17.8 Å². The zero-order valence-corrected chi connectivity index (χ0v) is 42.3. The third-order valence-corrected chi connectivity index (χ3v) is 12.6. The zero-order valence-electron chi connectivity index (χ0n) is 42.3. The third kappa shape index (κ3) is 17.3. The van der Waals surface area contributed by atoms with Crippen LogP contribution in [0.1, 0.15) is 108 Å². The molecule has 0 aliphatic heterocycles. The quantitative estimate of drug-likeness (QED) is 0.0211. The summed E-state index contributed by atoms with van der Waals surface area (Å²) in [6.07, 6.45) is 0.623. The maximum atomic E-state index is 13.9. The molecule has 0 radical (unpaired) electrons. The van der Waals surface area contributed by atoms with Crippen LogP contribution in [0.5, 0.6) is 17.2 Å². The second kappa shape index (κ2) is 29.6. The summed E-state index contributed by atoms with van der Waals surface area (Å²) < 4.78 is 4.81. The van der Waals surface area contributed by atoms with E-state index in [4.69, 9.17) is 5.11 Å². The summed E-state index contributed by atoms with van der Waals surface area (Å²) in [5.41, 5.74) is -4.54. The van der Waals surface area contributed by atoms with Crippen molar-refractivity contribution in [3.63, 3.8) is 0 Å². The molecule has 14 N–H and O–H groups in total. The lowest BCUT2D eigenvalue weighted by atomic mass is 9.83. The van der Waals surface area contributed by atoms with E-state index in [0.29, 0.717) is 37.9 Å². The molecule has 0 spiro atoms. The molecule has 0 fully saturated rings. The number of amides is 5. The van der Waals surface area contributed by atoms with Crippen molar-refractivity contribution in [2.45, 2.75) is 127 Å². The number of nitrogens with one attached hydrogen (secondary N) is 5. The van der Waals surface area contributed by atoms with E-state index in [1.807, 2.05) is 0 Å². The summed E-state index contributed by atoms with van der Waals surface area (Å²) in [6, 6.07) is 2.94. The minimum absolute atomic E-state index is 0.0322. The van der Waals surface area contributed by atoms with Gasteiger partial charge in [0.05, 0.1) is 18.8 Å². The summed E-state index contributed by atoms with van der Waals surface area (Å²) in [4.78, 5) is 103. The number of carbonyl (C=O) groups is 5. The Morgan fingerprint density at radius 2 is 1.13 bits per heavy atom. The Bertz CT molecular complexity index is 2790. The fourth-order valence-electron chi connectivity index (χ4n) is 8.35. The predicted molar refractivity (Wildman–Crippen MR) is 268 cm³/mol. The second-order valence-electron chi connectivity index (χ2n) is 18.2. The number of aryl methyl sites for hydroxylation is 3. The molecule has 0 bridgehead atoms. The van der Waals surface area contributed by atoms with Crippen molar-refractivity contribution in [2.24, 2.45) is 7.05 Å². The molecular weight excluding hydrogens is 1000 g/mol. The molecule has 4 rings (SSSR count). The maximum absolute atomic E-state index is 13.9. The molecular formula is C48H69N11O17. The van der Waals surface area contributed by atoms with Gasteiger partial charge in [-0.25, -0.2) is 0 Å². The van der Waals surface area contributed by atoms with Crippen LogP contribution < -0.4 is 42.9 Å². The van der Waals surface area contributed by atoms with E-state index in [9.17, 15) is 79.2 Å². The molecule has 0 aliphatic carbocycles. The van der Waals surface area contributed by atoms with Gasteiger partial charge in [-0.3, -0.25) is 43.0 Å². The van der Waals surface area contributed by atoms with Crippen molar-refractivity contribution in [1.29, 1.82) is 0 Å². The topological polar surface area (TPSA) is 424 Å². The lowest BCUT2D eigenvalue weighted by Crippen LogP contribution is -2.50. The molecule has 0 saturated carbocycles. The van der Waals surface area contributed by atoms with Crippen molar-refractivity contribution in [3.8, 4) is 17.2 Å². The van der Waals surface area contributed by atoms with Gasteiger partial charge < -0.3 is 86.2 Å². The highest BCUT2D eigenvalue weighted by molar-refractivity contribution is 5.96. The van der Waals surface area contributed by atoms with Crippen LogP contribution >= 0.6 is 0 Å². The molecule has 0 aliphatic rings. The first kappa shape index (κ1) is 61.1. The third-order valence-electron chi connectivity index (χ3n) is 12.6. The molecule has 5 unspecified atom stereocenters. The van der Waals surface area contributed by atoms with Crippen LogP contribution in [-0.4, -0.2) is 167 Å². The Morgan fingerprint density at radius 3 is 1.67 bits per heavy atom. The Balaban J connectivity index is 1.56. The minimum atomic E-state index is -2.04. The normalized spacial score (nSPS) is 13.7. The summed E-state index contributed by atoms with van der Waals surface area (Å²) in [7, 11) is 3.00. The Labute approximate surface area is 434 Å². The average Bonchev–Trinajstić information content (AvgIpc) is 3.86. The van der Waals surface area contributed by atoms with Crippen molar-refractivity contribution < 1.29 is 69.9 Å². The van der Waals surface area contributed by atoms with Gasteiger partial charge in [0.15, 0.2) is 34.3 Å². The number of pyridine rings is 3. The van der Waals surface area contributed by atoms with E-state index in [0.717, 1.165) is 39.7 Å². The van der Waals surface area contributed by atoms with E-state index in [2.05, 4.69) is 36.9 Å². The molecule has 0 saturated heterocycles. The Hall–Kier alpha value is -7.50. The summed E-state index contributed by atoms with van der Waals surface area (Å²) >= 11 is 0. The summed E-state index contributed by atoms with van der Waals surface area (Å²) in [6.45, 7) is -2.17. The number of rotatable bonds is 32. The minimum Gasteiger partial charge on any atom is -0.503 e. The molecule has 418 valence electrons. The number of aromatic hydroxyl groups is 3. The number of aliphatic hydroxyl groups is 6. The molecule has 5 amide bonds. The largest absolute Gasteiger partial charge is 0.503 e. The Morgan fingerprint density at radius 1 is 0.632 bits per heavy atom. The van der Waals surface area contributed by atoms with E-state index >= 15 is 0 Å². The van der Waals surface area contributed by atoms with Gasteiger partial charge in [0.2, 0.25) is 28.1 Å². The van der Waals surface area contributed by atoms with Crippen LogP contribution in [0.2, 0.25) is 0 Å². The Kier molecular flexibility index (Phi) is 23.7. The van der Waals surface area contributed by atoms with Gasteiger partial charge >= 0.3 is 0 Å². The highest BCUT2D eigenvalue weighted by Gasteiger charge is 2.33. The first-order chi connectivity index (χ1) is 36.2. The lowest BCUT2D eigenvalue weighted by molar-refractivity contribution is -0.123. The summed E-state index contributed by atoms with van der Waals surface area (Å²) in [5.74, 6) is -5.85. The van der Waals surface area contributed by atoms with E-state index < -0.39 is 112 Å². The van der Waals surface area contributed by atoms with E-state index in [-0.39, 0.29) is 88.5 Å². The molecule has 28 nitrogen and oxygen atoms in total. The number of aliphatic hydroxyl groups excluding tert-OH is 6. The van der Waals surface area contributed by atoms with Crippen LogP contribution in [-0.2, 0) is 42.9 Å². The zero-order chi connectivity index (χ0) is 56.1. The molecule has 4 heterocycles. The standard InChI is InChI=1S/C48H69N11O17/c1-49-35(67)11-10-29-25-59(55-54-29)21-5-3-4-9-36(68)53-48(15-6-18-50-45(74)37-40(69)30(62)12-22-56(37)2,17-8-20-52-47(76)39-42(71)32(64)14-24-58(39)28-61)16-7-19-51-46(75)38-41(70)31(63)13-23-57(38)26-33(65)43(72)44(73)34(66)27-60/h12-14,22-25,33-34,43-44,60-61,65-66,69-73H,3-11,15-21,26-28H2,1-2H3,(H,49,67)(H,50,74)(H,51,75)(H,52,76)(H,53,68). The number of hydrogen-bond donors (Lipinski definition) is 14. The van der Waals surface area contributed by atoms with Crippen LogP contribution in [0.25, 0.3) is 0 Å². The first-order valence-electron chi connectivity index (χ1n) is 24.6. The molecule has 4 aromatic heterocycles. The highest BCUT2D eigenvalue weighted by Crippen LogP contribution is 2.27. The van der Waals surface area contributed by atoms with Crippen LogP contribution in [0.15, 0.2) is 57.4 Å². The van der Waals surface area contributed by atoms with E-state index in [1.54, 1.807) is 17.9 Å². The van der Waals surface area contributed by atoms with Gasteiger partial charge in [-0.1, -0.05) is 11.6 Å². The van der Waals surface area contributed by atoms with Gasteiger partial charge in [-0.15, -0.1) is 5.10 Å². The lowest BCUT2D eigenvalue weighted by Gasteiger charge is -2.36. The predicted octanol–water partition coefficient (Wildman–Crippen LogP) is -3.47. The van der Waals surface area contributed by atoms with Crippen molar-refractivity contribution in [2.75, 3.05) is 33.3 Å². The molecule has 28 heteroatoms. The molecule has 76 heavy (non-hydrogen) atoms. The second-order valence-corrected chi connectivity index (χ2v) is 18.2. The van der Waals surface area contributed by atoms with Gasteiger partial charge in [0.1, 0.15) is 31.1 Å². The van der Waals surface area contributed by atoms with Crippen molar-refractivity contribution in [1.82, 2.24) is 55.3 Å². The van der Waals surface area contributed by atoms with Crippen LogP contribution in [0.3, 0.4) is 0 Å². The summed E-state index contributed by atoms with van der Waals surface area (Å²) in [5, 5.41) is 113. The fourth-order valence-corrected chi connectivity index (χ4v) is 8.35. The van der Waals surface area contributed by atoms with Gasteiger partial charge in [-0.2, -0.15) is 0 Å². The maximum Gasteiger partial charge on any atom is 0.272 e. The SMILES string of the molecule is CNC(=O)CCc1cn(CCCCCC(=O)NC(CCCNC(=O)c2c(O)c(=O)ccn2C)(CCCNC(=O)c2c(O)c(=O)ccn2CO)CCCNC(=O)c2c(O)c(=O)ccn2CC(O)C(O)C(O)C(O)CO)nn1. The van der Waals surface area contributed by atoms with Gasteiger partial charge in [0.25, 0.3) is 17.7 Å². The fraction of sp³-hybridized carbons (Fsp3) is 0.542. The first-order valence-corrected chi connectivity index (χ1v) is 24.6. The molecule has 0 aromatic carbocycles. The van der Waals surface area contributed by atoms with Crippen molar-refractivity contribution >= 4 is 29.5 Å². The van der Waals surface area contributed by atoms with Gasteiger partial charge in [-0.05, 0) is 51.4 Å². The van der Waals surface area contributed by atoms with Crippen LogP contribution in [0.4, 0.5) is 0 Å². The number of hydrogen-bond acceptors (Lipinski definition) is 19. The van der Waals surface area contributed by atoms with Gasteiger partial charge in [0, 0.05) is 108 Å².